The predicted octanol–water partition coefficient (Wildman–Crippen LogP) is 2.30. The molecule has 1 amide bonds. The molecule has 2 rings (SSSR count). The van der Waals surface area contributed by atoms with Gasteiger partial charge in [0.2, 0.25) is 5.91 Å². The summed E-state index contributed by atoms with van der Waals surface area (Å²) in [5.74, 6) is 1.15. The van der Waals surface area contributed by atoms with Gasteiger partial charge in [0.15, 0.2) is 0 Å². The molecule has 1 aromatic rings. The van der Waals surface area contributed by atoms with Crippen molar-refractivity contribution in [1.29, 1.82) is 0 Å². The molecule has 14 heavy (non-hydrogen) atoms. The van der Waals surface area contributed by atoms with Gasteiger partial charge < -0.3 is 5.73 Å². The Labute approximate surface area is 84.1 Å². The monoisotopic (exact) mass is 189 g/mol. The minimum atomic E-state index is -0.333. The van der Waals surface area contributed by atoms with E-state index in [0.29, 0.717) is 11.5 Å². The van der Waals surface area contributed by atoms with E-state index in [1.54, 1.807) is 6.07 Å². The molecule has 2 heteroatoms. The molecule has 74 valence electrons. The number of benzene rings is 1. The minimum absolute atomic E-state index is 0.333. The van der Waals surface area contributed by atoms with Crippen molar-refractivity contribution in [3.05, 3.63) is 35.4 Å². The Bertz CT molecular complexity index is 359. The van der Waals surface area contributed by atoms with Crippen LogP contribution in [0.4, 0.5) is 0 Å². The van der Waals surface area contributed by atoms with Gasteiger partial charge in [-0.15, -0.1) is 0 Å². The Morgan fingerprint density at radius 3 is 2.93 bits per heavy atom. The molecule has 2 N–H and O–H groups in total. The molecule has 0 heterocycles. The van der Waals surface area contributed by atoms with E-state index < -0.39 is 0 Å². The van der Waals surface area contributed by atoms with Crippen LogP contribution in [0.3, 0.4) is 0 Å². The van der Waals surface area contributed by atoms with Gasteiger partial charge in [-0.3, -0.25) is 4.79 Å². The van der Waals surface area contributed by atoms with E-state index in [-0.39, 0.29) is 5.91 Å². The average molecular weight is 189 g/mol. The number of rotatable bonds is 3. The summed E-state index contributed by atoms with van der Waals surface area (Å²) in [6.45, 7) is 2.21. The van der Waals surface area contributed by atoms with Crippen molar-refractivity contribution in [2.24, 2.45) is 11.7 Å². The van der Waals surface area contributed by atoms with Crippen molar-refractivity contribution in [2.45, 2.75) is 25.7 Å². The summed E-state index contributed by atoms with van der Waals surface area (Å²) in [4.78, 5) is 11.0. The van der Waals surface area contributed by atoms with Gasteiger partial charge in [0, 0.05) is 5.56 Å². The quantitative estimate of drug-likeness (QED) is 0.779. The number of hydrogen-bond acceptors (Lipinski definition) is 1. The van der Waals surface area contributed by atoms with E-state index in [0.717, 1.165) is 5.92 Å². The lowest BCUT2D eigenvalue weighted by atomic mass is 10.0. The molecular formula is C12H15NO. The minimum Gasteiger partial charge on any atom is -0.366 e. The second kappa shape index (κ2) is 3.45. The smallest absolute Gasteiger partial charge is 0.248 e. The van der Waals surface area contributed by atoms with Gasteiger partial charge in [0.05, 0.1) is 0 Å². The summed E-state index contributed by atoms with van der Waals surface area (Å²) in [6, 6.07) is 7.71. The molecule has 2 atom stereocenters. The van der Waals surface area contributed by atoms with Crippen LogP contribution in [0.1, 0.15) is 41.6 Å². The van der Waals surface area contributed by atoms with Crippen LogP contribution in [0.2, 0.25) is 0 Å². The Morgan fingerprint density at radius 1 is 1.57 bits per heavy atom. The van der Waals surface area contributed by atoms with Crippen LogP contribution in [0, 0.1) is 5.92 Å². The number of primary amides is 1. The molecule has 0 saturated heterocycles. The highest BCUT2D eigenvalue weighted by molar-refractivity contribution is 5.92. The fraction of sp³-hybridized carbons (Fsp3) is 0.417. The summed E-state index contributed by atoms with van der Waals surface area (Å²) in [5.41, 5.74) is 7.13. The highest BCUT2D eigenvalue weighted by atomic mass is 16.1. The third kappa shape index (κ3) is 1.65. The number of nitrogens with two attached hydrogens (primary N) is 1. The van der Waals surface area contributed by atoms with Crippen LogP contribution in [0.5, 0.6) is 0 Å². The van der Waals surface area contributed by atoms with Crippen LogP contribution in [-0.2, 0) is 0 Å². The Hall–Kier alpha value is -1.31. The molecule has 0 radical (unpaired) electrons. The van der Waals surface area contributed by atoms with Crippen LogP contribution in [0.15, 0.2) is 24.3 Å². The van der Waals surface area contributed by atoms with Crippen molar-refractivity contribution >= 4 is 5.91 Å². The first kappa shape index (κ1) is 9.25. The van der Waals surface area contributed by atoms with Gasteiger partial charge in [0.25, 0.3) is 0 Å². The van der Waals surface area contributed by atoms with E-state index >= 15 is 0 Å². The third-order valence-corrected chi connectivity index (χ3v) is 3.05. The molecule has 0 aromatic heterocycles. The van der Waals surface area contributed by atoms with Crippen molar-refractivity contribution < 1.29 is 4.79 Å². The summed E-state index contributed by atoms with van der Waals surface area (Å²) in [7, 11) is 0. The van der Waals surface area contributed by atoms with E-state index in [4.69, 9.17) is 5.73 Å². The molecule has 2 nitrogen and oxygen atoms in total. The lowest BCUT2D eigenvalue weighted by Crippen LogP contribution is -2.10. The largest absolute Gasteiger partial charge is 0.366 e. The topological polar surface area (TPSA) is 43.1 Å². The number of amides is 1. The third-order valence-electron chi connectivity index (χ3n) is 3.05. The lowest BCUT2D eigenvalue weighted by Gasteiger charge is -2.01. The molecular weight excluding hydrogens is 174 g/mol. The zero-order valence-electron chi connectivity index (χ0n) is 8.36. The molecule has 0 aliphatic heterocycles. The van der Waals surface area contributed by atoms with Crippen LogP contribution in [0.25, 0.3) is 0 Å². The predicted molar refractivity (Wildman–Crippen MR) is 56.1 cm³/mol. The van der Waals surface area contributed by atoms with E-state index in [1.807, 2.05) is 12.1 Å². The maximum absolute atomic E-state index is 11.0. The molecule has 0 unspecified atom stereocenters. The molecule has 1 aliphatic rings. The zero-order chi connectivity index (χ0) is 10.1. The summed E-state index contributed by atoms with van der Waals surface area (Å²) in [5, 5.41) is 0. The summed E-state index contributed by atoms with van der Waals surface area (Å²) >= 11 is 0. The van der Waals surface area contributed by atoms with Crippen molar-refractivity contribution in [1.82, 2.24) is 0 Å². The molecule has 0 spiro atoms. The maximum Gasteiger partial charge on any atom is 0.248 e. The van der Waals surface area contributed by atoms with Crippen LogP contribution >= 0.6 is 0 Å². The SMILES string of the molecule is CC[C@H]1C[C@@H]1c1cccc(C(N)=O)c1. The highest BCUT2D eigenvalue weighted by Crippen LogP contribution is 2.49. The van der Waals surface area contributed by atoms with E-state index in [2.05, 4.69) is 13.0 Å². The van der Waals surface area contributed by atoms with E-state index in [9.17, 15) is 4.79 Å². The Balaban J connectivity index is 2.19. The van der Waals surface area contributed by atoms with Gasteiger partial charge in [-0.05, 0) is 36.0 Å². The number of carbonyl (C=O) groups excluding carboxylic acids is 1. The molecule has 0 bridgehead atoms. The molecule has 1 aliphatic carbocycles. The highest BCUT2D eigenvalue weighted by Gasteiger charge is 2.36. The molecule has 1 saturated carbocycles. The van der Waals surface area contributed by atoms with Crippen molar-refractivity contribution in [3.63, 3.8) is 0 Å². The molecule has 1 fully saturated rings. The number of carbonyl (C=O) groups is 1. The standard InChI is InChI=1S/C12H15NO/c1-2-8-7-11(8)9-4-3-5-10(6-9)12(13)14/h3-6,8,11H,2,7H2,1H3,(H2,13,14)/t8-,11-/m0/s1. The van der Waals surface area contributed by atoms with Gasteiger partial charge in [0.1, 0.15) is 0 Å². The normalized spacial score (nSPS) is 24.6. The molecule has 1 aromatic carbocycles. The van der Waals surface area contributed by atoms with Crippen LogP contribution < -0.4 is 5.73 Å². The summed E-state index contributed by atoms with van der Waals surface area (Å²) in [6.07, 6.45) is 2.49. The van der Waals surface area contributed by atoms with E-state index in [1.165, 1.54) is 18.4 Å². The second-order valence-electron chi connectivity index (χ2n) is 4.00. The fourth-order valence-electron chi connectivity index (χ4n) is 2.03. The Morgan fingerprint density at radius 2 is 2.36 bits per heavy atom. The van der Waals surface area contributed by atoms with Crippen molar-refractivity contribution in [2.75, 3.05) is 0 Å². The van der Waals surface area contributed by atoms with Gasteiger partial charge in [-0.2, -0.15) is 0 Å². The van der Waals surface area contributed by atoms with Crippen LogP contribution in [-0.4, -0.2) is 5.91 Å². The first-order valence-electron chi connectivity index (χ1n) is 5.12. The van der Waals surface area contributed by atoms with Gasteiger partial charge in [-0.25, -0.2) is 0 Å². The Kier molecular flexibility index (Phi) is 2.28. The van der Waals surface area contributed by atoms with Gasteiger partial charge >= 0.3 is 0 Å². The number of hydrogen-bond donors (Lipinski definition) is 1. The second-order valence-corrected chi connectivity index (χ2v) is 4.00. The first-order valence-corrected chi connectivity index (χ1v) is 5.12. The average Bonchev–Trinajstić information content (AvgIpc) is 2.97. The van der Waals surface area contributed by atoms with Gasteiger partial charge in [-0.1, -0.05) is 25.5 Å². The first-order chi connectivity index (χ1) is 6.72. The maximum atomic E-state index is 11.0. The summed E-state index contributed by atoms with van der Waals surface area (Å²) < 4.78 is 0. The zero-order valence-corrected chi connectivity index (χ0v) is 8.36. The fourth-order valence-corrected chi connectivity index (χ4v) is 2.03. The lowest BCUT2D eigenvalue weighted by molar-refractivity contribution is 0.1000. The van der Waals surface area contributed by atoms with Crippen molar-refractivity contribution in [3.8, 4) is 0 Å².